The molecule has 107 valence electrons. The van der Waals surface area contributed by atoms with Gasteiger partial charge < -0.3 is 0 Å². The van der Waals surface area contributed by atoms with E-state index in [1.807, 2.05) is 0 Å². The average Bonchev–Trinajstić information content (AvgIpc) is 2.43. The molecule has 0 aliphatic rings. The molecule has 0 bridgehead atoms. The van der Waals surface area contributed by atoms with Gasteiger partial charge in [0.25, 0.3) is 5.69 Å². The summed E-state index contributed by atoms with van der Waals surface area (Å²) in [6.45, 7) is 3.64. The first-order valence-corrected chi connectivity index (χ1v) is 5.69. The Kier molecular flexibility index (Phi) is 3.49. The summed E-state index contributed by atoms with van der Waals surface area (Å²) in [7, 11) is 0. The lowest BCUT2D eigenvalue weighted by molar-refractivity contribution is -0.422. The van der Waals surface area contributed by atoms with Gasteiger partial charge in [0, 0.05) is 12.1 Å². The van der Waals surface area contributed by atoms with Gasteiger partial charge in [-0.2, -0.15) is 0 Å². The molecule has 0 saturated heterocycles. The van der Waals surface area contributed by atoms with Crippen molar-refractivity contribution >= 4 is 27.8 Å². The fourth-order valence-electron chi connectivity index (χ4n) is 2.16. The molecule has 1 radical (unpaired) electrons. The first-order valence-electron chi connectivity index (χ1n) is 5.69. The van der Waals surface area contributed by atoms with Gasteiger partial charge in [0.2, 0.25) is 0 Å². The van der Waals surface area contributed by atoms with Gasteiger partial charge in [-0.15, -0.1) is 0 Å². The lowest BCUT2D eigenvalue weighted by atomic mass is 9.99. The van der Waals surface area contributed by atoms with E-state index in [1.165, 1.54) is 12.1 Å². The molecule has 2 aromatic rings. The van der Waals surface area contributed by atoms with Gasteiger partial charge >= 0.3 is 11.4 Å². The fourth-order valence-corrected chi connectivity index (χ4v) is 2.16. The van der Waals surface area contributed by atoms with Gasteiger partial charge in [0.15, 0.2) is 0 Å². The molecular formula is C12H8N3O6. The first-order chi connectivity index (χ1) is 9.88. The SMILES string of the molecule is [CH2]Cc1ccc([N+](=O)[O-])c2c([N+](=O)[O-])c([N+](=O)[O-])ccc12. The Labute approximate surface area is 117 Å². The molecule has 2 rings (SSSR count). The minimum atomic E-state index is -0.972. The molecule has 0 aliphatic heterocycles. The Morgan fingerprint density at radius 3 is 1.90 bits per heavy atom. The molecular weight excluding hydrogens is 282 g/mol. The number of hydrogen-bond donors (Lipinski definition) is 0. The minimum absolute atomic E-state index is 0.219. The van der Waals surface area contributed by atoms with Crippen LogP contribution in [0.15, 0.2) is 24.3 Å². The van der Waals surface area contributed by atoms with Crippen LogP contribution in [-0.2, 0) is 6.42 Å². The number of nitro benzene ring substituents is 3. The average molecular weight is 290 g/mol. The number of hydrogen-bond acceptors (Lipinski definition) is 6. The van der Waals surface area contributed by atoms with Crippen LogP contribution in [-0.4, -0.2) is 14.8 Å². The summed E-state index contributed by atoms with van der Waals surface area (Å²) >= 11 is 0. The maximum absolute atomic E-state index is 11.2. The van der Waals surface area contributed by atoms with Crippen molar-refractivity contribution in [2.24, 2.45) is 0 Å². The largest absolute Gasteiger partial charge is 0.360 e. The molecule has 0 spiro atoms. The Morgan fingerprint density at radius 1 is 0.857 bits per heavy atom. The lowest BCUT2D eigenvalue weighted by Crippen LogP contribution is -2.01. The second-order valence-corrected chi connectivity index (χ2v) is 4.12. The third-order valence-electron chi connectivity index (χ3n) is 3.05. The molecule has 0 heterocycles. The third-order valence-corrected chi connectivity index (χ3v) is 3.05. The maximum Gasteiger partial charge on any atom is 0.360 e. The zero-order chi connectivity index (χ0) is 15.7. The summed E-state index contributed by atoms with van der Waals surface area (Å²) in [6.07, 6.45) is 0.240. The van der Waals surface area contributed by atoms with Gasteiger partial charge in [0.05, 0.1) is 14.8 Å². The highest BCUT2D eigenvalue weighted by Gasteiger charge is 2.33. The van der Waals surface area contributed by atoms with Crippen molar-refractivity contribution in [2.45, 2.75) is 6.42 Å². The molecule has 0 fully saturated rings. The van der Waals surface area contributed by atoms with E-state index in [-0.39, 0.29) is 17.2 Å². The topological polar surface area (TPSA) is 129 Å². The van der Waals surface area contributed by atoms with Crippen molar-refractivity contribution < 1.29 is 14.8 Å². The zero-order valence-electron chi connectivity index (χ0n) is 10.5. The smallest absolute Gasteiger partial charge is 0.258 e. The minimum Gasteiger partial charge on any atom is -0.258 e. The van der Waals surface area contributed by atoms with Crippen molar-refractivity contribution in [1.82, 2.24) is 0 Å². The van der Waals surface area contributed by atoms with Gasteiger partial charge in [-0.25, -0.2) is 0 Å². The second kappa shape index (κ2) is 5.12. The van der Waals surface area contributed by atoms with E-state index < -0.39 is 31.8 Å². The summed E-state index contributed by atoms with van der Waals surface area (Å²) < 4.78 is 0. The van der Waals surface area contributed by atoms with Crippen LogP contribution in [0.25, 0.3) is 10.8 Å². The van der Waals surface area contributed by atoms with Crippen LogP contribution in [0.2, 0.25) is 0 Å². The van der Waals surface area contributed by atoms with E-state index in [1.54, 1.807) is 0 Å². The summed E-state index contributed by atoms with van der Waals surface area (Å²) in [5.74, 6) is 0. The number of benzene rings is 2. The summed E-state index contributed by atoms with van der Waals surface area (Å²) in [5, 5.41) is 33.0. The summed E-state index contributed by atoms with van der Waals surface area (Å²) in [5.41, 5.74) is -1.66. The first kappa shape index (κ1) is 14.3. The van der Waals surface area contributed by atoms with E-state index in [9.17, 15) is 30.3 Å². The standard InChI is InChI=1S/C12H8N3O6/c1-2-7-3-5-9(13(16)17)11-8(7)4-6-10(14(18)19)12(11)15(20)21/h3-6H,1-2H2. The molecule has 9 heteroatoms. The monoisotopic (exact) mass is 290 g/mol. The number of nitrogens with zero attached hydrogens (tertiary/aromatic N) is 3. The summed E-state index contributed by atoms with van der Waals surface area (Å²) in [6, 6.07) is 4.78. The van der Waals surface area contributed by atoms with Crippen molar-refractivity contribution in [3.8, 4) is 0 Å². The normalized spacial score (nSPS) is 10.5. The molecule has 0 aromatic heterocycles. The van der Waals surface area contributed by atoms with Crippen LogP contribution >= 0.6 is 0 Å². The predicted octanol–water partition coefficient (Wildman–Crippen LogP) is 2.94. The van der Waals surface area contributed by atoms with Crippen molar-refractivity contribution in [3.05, 3.63) is 67.1 Å². The van der Waals surface area contributed by atoms with Crippen molar-refractivity contribution in [3.63, 3.8) is 0 Å². The molecule has 0 aliphatic carbocycles. The lowest BCUT2D eigenvalue weighted by Gasteiger charge is -2.06. The van der Waals surface area contributed by atoms with E-state index in [0.717, 1.165) is 12.1 Å². The molecule has 0 saturated carbocycles. The van der Waals surface area contributed by atoms with E-state index in [0.29, 0.717) is 5.56 Å². The molecule has 0 amide bonds. The highest BCUT2D eigenvalue weighted by atomic mass is 16.6. The molecule has 9 nitrogen and oxygen atoms in total. The van der Waals surface area contributed by atoms with Crippen LogP contribution in [0, 0.1) is 37.3 Å². The maximum atomic E-state index is 11.2. The van der Waals surface area contributed by atoms with Crippen LogP contribution in [0.4, 0.5) is 17.1 Å². The zero-order valence-corrected chi connectivity index (χ0v) is 10.5. The Morgan fingerprint density at radius 2 is 1.43 bits per heavy atom. The Hall–Kier alpha value is -3.10. The van der Waals surface area contributed by atoms with Gasteiger partial charge in [-0.1, -0.05) is 6.07 Å². The van der Waals surface area contributed by atoms with Gasteiger partial charge in [-0.3, -0.25) is 30.3 Å². The van der Waals surface area contributed by atoms with Crippen LogP contribution in [0.3, 0.4) is 0 Å². The van der Waals surface area contributed by atoms with Crippen LogP contribution in [0.1, 0.15) is 5.56 Å². The molecule has 0 atom stereocenters. The van der Waals surface area contributed by atoms with Gasteiger partial charge in [-0.05, 0) is 30.4 Å². The van der Waals surface area contributed by atoms with Gasteiger partial charge in [0.1, 0.15) is 5.39 Å². The molecule has 2 aromatic carbocycles. The molecule has 0 N–H and O–H groups in total. The molecule has 21 heavy (non-hydrogen) atoms. The highest BCUT2D eigenvalue weighted by molar-refractivity contribution is 6.03. The molecule has 0 unspecified atom stereocenters. The van der Waals surface area contributed by atoms with E-state index in [4.69, 9.17) is 0 Å². The quantitative estimate of drug-likeness (QED) is 0.628. The number of rotatable bonds is 4. The van der Waals surface area contributed by atoms with E-state index in [2.05, 4.69) is 6.92 Å². The Bertz CT molecular complexity index is 786. The number of non-ortho nitro benzene ring substituents is 1. The van der Waals surface area contributed by atoms with Crippen LogP contribution in [0.5, 0.6) is 0 Å². The second-order valence-electron chi connectivity index (χ2n) is 4.12. The van der Waals surface area contributed by atoms with Crippen molar-refractivity contribution in [2.75, 3.05) is 0 Å². The Balaban J connectivity index is 3.08. The van der Waals surface area contributed by atoms with Crippen LogP contribution < -0.4 is 0 Å². The highest BCUT2D eigenvalue weighted by Crippen LogP contribution is 2.41. The summed E-state index contributed by atoms with van der Waals surface area (Å²) in [4.78, 5) is 30.5. The number of nitro groups is 3. The predicted molar refractivity (Wildman–Crippen MR) is 73.0 cm³/mol. The van der Waals surface area contributed by atoms with E-state index >= 15 is 0 Å². The number of fused-ring (bicyclic) bond motifs is 1. The fraction of sp³-hybridized carbons (Fsp3) is 0.0833. The van der Waals surface area contributed by atoms with Crippen molar-refractivity contribution in [1.29, 1.82) is 0 Å². The third kappa shape index (κ3) is 2.24.